The van der Waals surface area contributed by atoms with Gasteiger partial charge in [0.25, 0.3) is 0 Å². The standard InChI is InChI=1S/C16H18Cl2N2/c1-9-5-10(2)19-11(3)16(9)12(4)20-15-7-13(17)6-14(18)8-15/h5-8,12,20H,1-4H3. The third-order valence-electron chi connectivity index (χ3n) is 3.26. The lowest BCUT2D eigenvalue weighted by Crippen LogP contribution is -2.11. The van der Waals surface area contributed by atoms with E-state index in [1.165, 1.54) is 11.1 Å². The summed E-state index contributed by atoms with van der Waals surface area (Å²) in [6.45, 7) is 8.28. The maximum atomic E-state index is 6.03. The number of rotatable bonds is 3. The lowest BCUT2D eigenvalue weighted by Gasteiger charge is -2.20. The van der Waals surface area contributed by atoms with Crippen molar-refractivity contribution < 1.29 is 0 Å². The van der Waals surface area contributed by atoms with Gasteiger partial charge < -0.3 is 5.32 Å². The highest BCUT2D eigenvalue weighted by Gasteiger charge is 2.13. The van der Waals surface area contributed by atoms with E-state index in [4.69, 9.17) is 23.2 Å². The Morgan fingerprint density at radius 1 is 1.00 bits per heavy atom. The van der Waals surface area contributed by atoms with Crippen molar-refractivity contribution in [3.05, 3.63) is 56.8 Å². The number of nitrogens with zero attached hydrogens (tertiary/aromatic N) is 1. The smallest absolute Gasteiger partial charge is 0.0506 e. The molecule has 2 aromatic rings. The van der Waals surface area contributed by atoms with Crippen LogP contribution < -0.4 is 5.32 Å². The molecule has 0 aliphatic heterocycles. The molecule has 1 heterocycles. The molecule has 1 aromatic carbocycles. The highest BCUT2D eigenvalue weighted by Crippen LogP contribution is 2.28. The zero-order chi connectivity index (χ0) is 14.9. The van der Waals surface area contributed by atoms with Gasteiger partial charge in [-0.05, 0) is 63.1 Å². The molecular formula is C16H18Cl2N2. The fourth-order valence-corrected chi connectivity index (χ4v) is 3.17. The first-order chi connectivity index (χ1) is 9.36. The van der Waals surface area contributed by atoms with Crippen LogP contribution in [0.25, 0.3) is 0 Å². The summed E-state index contributed by atoms with van der Waals surface area (Å²) >= 11 is 12.1. The molecule has 0 aliphatic rings. The van der Waals surface area contributed by atoms with E-state index in [2.05, 4.69) is 30.2 Å². The van der Waals surface area contributed by atoms with E-state index in [0.29, 0.717) is 10.0 Å². The van der Waals surface area contributed by atoms with Crippen molar-refractivity contribution in [2.24, 2.45) is 0 Å². The van der Waals surface area contributed by atoms with Crippen molar-refractivity contribution in [1.82, 2.24) is 4.98 Å². The predicted molar refractivity (Wildman–Crippen MR) is 86.9 cm³/mol. The average molecular weight is 309 g/mol. The van der Waals surface area contributed by atoms with E-state index in [1.54, 1.807) is 6.07 Å². The fraction of sp³-hybridized carbons (Fsp3) is 0.312. The van der Waals surface area contributed by atoms with Gasteiger partial charge in [-0.15, -0.1) is 0 Å². The van der Waals surface area contributed by atoms with Crippen LogP contribution in [-0.2, 0) is 0 Å². The molecule has 0 radical (unpaired) electrons. The van der Waals surface area contributed by atoms with Crippen LogP contribution in [0.3, 0.4) is 0 Å². The first kappa shape index (κ1) is 15.1. The highest BCUT2D eigenvalue weighted by molar-refractivity contribution is 6.35. The number of hydrogen-bond acceptors (Lipinski definition) is 2. The van der Waals surface area contributed by atoms with Gasteiger partial charge >= 0.3 is 0 Å². The number of aromatic nitrogens is 1. The van der Waals surface area contributed by atoms with Gasteiger partial charge in [0.2, 0.25) is 0 Å². The SMILES string of the molecule is Cc1cc(C)c(C(C)Nc2cc(Cl)cc(Cl)c2)c(C)n1. The van der Waals surface area contributed by atoms with Crippen LogP contribution in [0, 0.1) is 20.8 Å². The number of pyridine rings is 1. The lowest BCUT2D eigenvalue weighted by molar-refractivity contribution is 0.843. The number of aryl methyl sites for hydroxylation is 3. The predicted octanol–water partition coefficient (Wildman–Crippen LogP) is 5.49. The van der Waals surface area contributed by atoms with E-state index in [-0.39, 0.29) is 6.04 Å². The Morgan fingerprint density at radius 3 is 2.15 bits per heavy atom. The van der Waals surface area contributed by atoms with E-state index in [0.717, 1.165) is 17.1 Å². The van der Waals surface area contributed by atoms with Crippen LogP contribution in [-0.4, -0.2) is 4.98 Å². The Kier molecular flexibility index (Phi) is 4.56. The molecule has 2 rings (SSSR count). The van der Waals surface area contributed by atoms with Gasteiger partial charge in [0.05, 0.1) is 6.04 Å². The Morgan fingerprint density at radius 2 is 1.60 bits per heavy atom. The minimum Gasteiger partial charge on any atom is -0.378 e. The van der Waals surface area contributed by atoms with E-state index in [9.17, 15) is 0 Å². The molecule has 1 N–H and O–H groups in total. The second-order valence-electron chi connectivity index (χ2n) is 5.10. The minimum absolute atomic E-state index is 0.137. The molecule has 1 atom stereocenters. The van der Waals surface area contributed by atoms with Crippen LogP contribution in [0.1, 0.15) is 35.5 Å². The van der Waals surface area contributed by atoms with E-state index in [1.807, 2.05) is 26.0 Å². The summed E-state index contributed by atoms with van der Waals surface area (Å²) in [5.41, 5.74) is 5.46. The molecule has 106 valence electrons. The molecule has 0 amide bonds. The zero-order valence-corrected chi connectivity index (χ0v) is 13.6. The van der Waals surface area contributed by atoms with Crippen molar-refractivity contribution in [2.75, 3.05) is 5.32 Å². The third-order valence-corrected chi connectivity index (χ3v) is 3.70. The number of anilines is 1. The van der Waals surface area contributed by atoms with Gasteiger partial charge in [-0.3, -0.25) is 4.98 Å². The van der Waals surface area contributed by atoms with Crippen molar-refractivity contribution >= 4 is 28.9 Å². The number of hydrogen-bond donors (Lipinski definition) is 1. The molecule has 20 heavy (non-hydrogen) atoms. The van der Waals surface area contributed by atoms with Crippen LogP contribution in [0.15, 0.2) is 24.3 Å². The molecule has 4 heteroatoms. The monoisotopic (exact) mass is 308 g/mol. The molecule has 1 aromatic heterocycles. The molecular weight excluding hydrogens is 291 g/mol. The maximum absolute atomic E-state index is 6.03. The number of nitrogens with one attached hydrogen (secondary N) is 1. The average Bonchev–Trinajstić information content (AvgIpc) is 2.25. The molecule has 0 fully saturated rings. The molecule has 2 nitrogen and oxygen atoms in total. The van der Waals surface area contributed by atoms with E-state index < -0.39 is 0 Å². The Bertz CT molecular complexity index is 595. The maximum Gasteiger partial charge on any atom is 0.0506 e. The molecule has 1 unspecified atom stereocenters. The first-order valence-electron chi connectivity index (χ1n) is 6.54. The molecule has 0 saturated heterocycles. The fourth-order valence-electron chi connectivity index (χ4n) is 2.65. The summed E-state index contributed by atoms with van der Waals surface area (Å²) < 4.78 is 0. The van der Waals surface area contributed by atoms with E-state index >= 15 is 0 Å². The highest BCUT2D eigenvalue weighted by atomic mass is 35.5. The number of benzene rings is 1. The minimum atomic E-state index is 0.137. The van der Waals surface area contributed by atoms with Gasteiger partial charge in [0, 0.05) is 27.1 Å². The van der Waals surface area contributed by atoms with Gasteiger partial charge in [-0.1, -0.05) is 23.2 Å². The zero-order valence-electron chi connectivity index (χ0n) is 12.1. The Labute approximate surface area is 130 Å². The normalized spacial score (nSPS) is 12.3. The molecule has 0 bridgehead atoms. The Hall–Kier alpha value is -1.25. The second kappa shape index (κ2) is 6.02. The van der Waals surface area contributed by atoms with Gasteiger partial charge in [-0.2, -0.15) is 0 Å². The number of halogens is 2. The van der Waals surface area contributed by atoms with Crippen LogP contribution in [0.5, 0.6) is 0 Å². The van der Waals surface area contributed by atoms with Gasteiger partial charge in [0.15, 0.2) is 0 Å². The topological polar surface area (TPSA) is 24.9 Å². The molecule has 0 spiro atoms. The van der Waals surface area contributed by atoms with Gasteiger partial charge in [0.1, 0.15) is 0 Å². The van der Waals surface area contributed by atoms with Crippen molar-refractivity contribution in [3.8, 4) is 0 Å². The Balaban J connectivity index is 2.30. The summed E-state index contributed by atoms with van der Waals surface area (Å²) in [5, 5.41) is 4.69. The summed E-state index contributed by atoms with van der Waals surface area (Å²) in [6.07, 6.45) is 0. The summed E-state index contributed by atoms with van der Waals surface area (Å²) in [5.74, 6) is 0. The van der Waals surface area contributed by atoms with Crippen molar-refractivity contribution in [3.63, 3.8) is 0 Å². The van der Waals surface area contributed by atoms with Crippen LogP contribution in [0.2, 0.25) is 10.0 Å². The largest absolute Gasteiger partial charge is 0.378 e. The summed E-state index contributed by atoms with van der Waals surface area (Å²) in [4.78, 5) is 4.54. The van der Waals surface area contributed by atoms with Crippen LogP contribution >= 0.6 is 23.2 Å². The summed E-state index contributed by atoms with van der Waals surface area (Å²) in [7, 11) is 0. The quantitative estimate of drug-likeness (QED) is 0.811. The molecule has 0 aliphatic carbocycles. The van der Waals surface area contributed by atoms with Crippen molar-refractivity contribution in [2.45, 2.75) is 33.7 Å². The van der Waals surface area contributed by atoms with Crippen molar-refractivity contribution in [1.29, 1.82) is 0 Å². The first-order valence-corrected chi connectivity index (χ1v) is 7.30. The molecule has 0 saturated carbocycles. The third kappa shape index (κ3) is 3.44. The lowest BCUT2D eigenvalue weighted by atomic mass is 10.00. The van der Waals surface area contributed by atoms with Gasteiger partial charge in [-0.25, -0.2) is 0 Å². The summed E-state index contributed by atoms with van der Waals surface area (Å²) in [6, 6.07) is 7.71. The second-order valence-corrected chi connectivity index (χ2v) is 5.98. The van der Waals surface area contributed by atoms with Crippen LogP contribution in [0.4, 0.5) is 5.69 Å².